The highest BCUT2D eigenvalue weighted by atomic mass is 32.2. The van der Waals surface area contributed by atoms with E-state index in [0.717, 1.165) is 56.3 Å². The minimum absolute atomic E-state index is 0.110. The molecule has 7 heteroatoms. The Morgan fingerprint density at radius 2 is 1.72 bits per heavy atom. The topological polar surface area (TPSA) is 60.9 Å². The maximum Gasteiger partial charge on any atom is 0.243 e. The Bertz CT molecular complexity index is 984. The van der Waals surface area contributed by atoms with Gasteiger partial charge < -0.3 is 9.80 Å². The van der Waals surface area contributed by atoms with E-state index in [1.807, 2.05) is 35.2 Å². The van der Waals surface area contributed by atoms with E-state index >= 15 is 0 Å². The molecule has 2 aliphatic heterocycles. The molecule has 156 valence electrons. The first-order valence-corrected chi connectivity index (χ1v) is 11.9. The van der Waals surface area contributed by atoms with Gasteiger partial charge in [-0.3, -0.25) is 4.79 Å². The average molecular weight is 416 g/mol. The molecule has 4 rings (SSSR count). The number of piperazine rings is 1. The number of hydrogen-bond acceptors (Lipinski definition) is 4. The minimum atomic E-state index is -3.61. The monoisotopic (exact) mass is 415 g/mol. The van der Waals surface area contributed by atoms with E-state index < -0.39 is 10.0 Å². The Morgan fingerprint density at radius 3 is 2.45 bits per heavy atom. The summed E-state index contributed by atoms with van der Waals surface area (Å²) in [5.41, 5.74) is 0. The van der Waals surface area contributed by atoms with Crippen LogP contribution in [0.5, 0.6) is 0 Å². The Balaban J connectivity index is 1.48. The lowest BCUT2D eigenvalue weighted by molar-refractivity contribution is -0.138. The van der Waals surface area contributed by atoms with Crippen molar-refractivity contribution in [2.45, 2.75) is 24.7 Å². The van der Waals surface area contributed by atoms with Crippen molar-refractivity contribution >= 4 is 26.7 Å². The van der Waals surface area contributed by atoms with Crippen LogP contribution >= 0.6 is 0 Å². The smallest absolute Gasteiger partial charge is 0.243 e. The van der Waals surface area contributed by atoms with E-state index in [2.05, 4.69) is 11.8 Å². The highest BCUT2D eigenvalue weighted by molar-refractivity contribution is 7.89. The first-order valence-electron chi connectivity index (χ1n) is 10.5. The predicted molar refractivity (Wildman–Crippen MR) is 114 cm³/mol. The molecule has 2 aliphatic rings. The molecule has 0 bridgehead atoms. The van der Waals surface area contributed by atoms with Gasteiger partial charge in [0.1, 0.15) is 0 Å². The van der Waals surface area contributed by atoms with Gasteiger partial charge in [-0.2, -0.15) is 4.31 Å². The number of nitrogens with zero attached hydrogens (tertiary/aromatic N) is 3. The third kappa shape index (κ3) is 4.17. The standard InChI is InChI=1S/C22H29N3O3S/c1-2-23-12-14-24(15-13-23)22(26)20-8-5-11-25(17-20)29(27,28)21-10-9-18-6-3-4-7-19(18)16-21/h3-4,6-7,9-10,16,20H,2,5,8,11-15,17H2,1H3/t20-/m1/s1. The molecule has 2 heterocycles. The van der Waals surface area contributed by atoms with E-state index in [9.17, 15) is 13.2 Å². The first kappa shape index (κ1) is 20.3. The molecular formula is C22H29N3O3S. The van der Waals surface area contributed by atoms with Crippen LogP contribution < -0.4 is 0 Å². The van der Waals surface area contributed by atoms with Crippen LogP contribution in [0.3, 0.4) is 0 Å². The molecular weight excluding hydrogens is 386 g/mol. The SMILES string of the molecule is CCN1CCN(C(=O)[C@@H]2CCCN(S(=O)(=O)c3ccc4ccccc4c3)C2)CC1. The second-order valence-corrected chi connectivity index (χ2v) is 9.91. The second kappa shape index (κ2) is 8.42. The molecule has 0 unspecified atom stereocenters. The van der Waals surface area contributed by atoms with Crippen molar-refractivity contribution in [1.29, 1.82) is 0 Å². The van der Waals surface area contributed by atoms with E-state index in [1.54, 1.807) is 12.1 Å². The summed E-state index contributed by atoms with van der Waals surface area (Å²) in [7, 11) is -3.61. The van der Waals surface area contributed by atoms with Gasteiger partial charge in [-0.1, -0.05) is 37.3 Å². The molecule has 0 aromatic heterocycles. The molecule has 29 heavy (non-hydrogen) atoms. The third-order valence-electron chi connectivity index (χ3n) is 6.22. The fourth-order valence-corrected chi connectivity index (χ4v) is 5.94. The largest absolute Gasteiger partial charge is 0.340 e. The number of piperidine rings is 1. The predicted octanol–water partition coefficient (Wildman–Crippen LogP) is 2.40. The van der Waals surface area contributed by atoms with Gasteiger partial charge in [0.25, 0.3) is 0 Å². The maximum atomic E-state index is 13.3. The van der Waals surface area contributed by atoms with Gasteiger partial charge in [0, 0.05) is 39.3 Å². The molecule has 0 aliphatic carbocycles. The van der Waals surface area contributed by atoms with Crippen LogP contribution in [0.25, 0.3) is 10.8 Å². The van der Waals surface area contributed by atoms with E-state index in [-0.39, 0.29) is 18.4 Å². The lowest BCUT2D eigenvalue weighted by atomic mass is 9.98. The lowest BCUT2D eigenvalue weighted by Gasteiger charge is -2.38. The normalized spacial score (nSPS) is 22.1. The number of carbonyl (C=O) groups excluding carboxylic acids is 1. The molecule has 2 fully saturated rings. The lowest BCUT2D eigenvalue weighted by Crippen LogP contribution is -2.52. The van der Waals surface area contributed by atoms with Crippen LogP contribution in [0.1, 0.15) is 19.8 Å². The fourth-order valence-electron chi connectivity index (χ4n) is 4.38. The summed E-state index contributed by atoms with van der Waals surface area (Å²) >= 11 is 0. The third-order valence-corrected chi connectivity index (χ3v) is 8.08. The van der Waals surface area contributed by atoms with Gasteiger partial charge in [-0.25, -0.2) is 8.42 Å². The Morgan fingerprint density at radius 1 is 1.00 bits per heavy atom. The summed E-state index contributed by atoms with van der Waals surface area (Å²) in [5, 5.41) is 1.93. The summed E-state index contributed by atoms with van der Waals surface area (Å²) in [6.45, 7) is 7.16. The summed E-state index contributed by atoms with van der Waals surface area (Å²) in [5.74, 6) is -0.133. The van der Waals surface area contributed by atoms with Crippen molar-refractivity contribution in [3.8, 4) is 0 Å². The maximum absolute atomic E-state index is 13.3. The molecule has 0 spiro atoms. The van der Waals surface area contributed by atoms with Gasteiger partial charge in [-0.15, -0.1) is 0 Å². The summed E-state index contributed by atoms with van der Waals surface area (Å²) in [6, 6.07) is 13.0. The van der Waals surface area contributed by atoms with Gasteiger partial charge in [0.2, 0.25) is 15.9 Å². The molecule has 2 aromatic carbocycles. The molecule has 2 saturated heterocycles. The zero-order chi connectivity index (χ0) is 20.4. The van der Waals surface area contributed by atoms with E-state index in [1.165, 1.54) is 4.31 Å². The van der Waals surface area contributed by atoms with Crippen LogP contribution in [-0.2, 0) is 14.8 Å². The van der Waals surface area contributed by atoms with Crippen molar-refractivity contribution in [2.24, 2.45) is 5.92 Å². The molecule has 0 N–H and O–H groups in total. The van der Waals surface area contributed by atoms with Crippen molar-refractivity contribution in [3.05, 3.63) is 42.5 Å². The highest BCUT2D eigenvalue weighted by Crippen LogP contribution is 2.27. The van der Waals surface area contributed by atoms with Gasteiger partial charge in [0.05, 0.1) is 10.8 Å². The Hall–Kier alpha value is -1.96. The Kier molecular flexibility index (Phi) is 5.90. The van der Waals surface area contributed by atoms with Crippen molar-refractivity contribution in [3.63, 3.8) is 0 Å². The zero-order valence-corrected chi connectivity index (χ0v) is 17.8. The first-order chi connectivity index (χ1) is 14.0. The second-order valence-electron chi connectivity index (χ2n) is 7.97. The molecule has 0 radical (unpaired) electrons. The van der Waals surface area contributed by atoms with Gasteiger partial charge >= 0.3 is 0 Å². The quantitative estimate of drug-likeness (QED) is 0.769. The molecule has 0 saturated carbocycles. The van der Waals surface area contributed by atoms with Crippen molar-refractivity contribution in [1.82, 2.24) is 14.1 Å². The van der Waals surface area contributed by atoms with Crippen LogP contribution in [0.15, 0.2) is 47.4 Å². The number of benzene rings is 2. The fraction of sp³-hybridized carbons (Fsp3) is 0.500. The van der Waals surface area contributed by atoms with Crippen LogP contribution in [0, 0.1) is 5.92 Å². The Labute approximate surface area is 173 Å². The average Bonchev–Trinajstić information content (AvgIpc) is 2.78. The number of fused-ring (bicyclic) bond motifs is 1. The van der Waals surface area contributed by atoms with Crippen LogP contribution in [-0.4, -0.2) is 74.2 Å². The summed E-state index contributed by atoms with van der Waals surface area (Å²) in [4.78, 5) is 17.6. The number of amides is 1. The van der Waals surface area contributed by atoms with Crippen molar-refractivity contribution < 1.29 is 13.2 Å². The van der Waals surface area contributed by atoms with Crippen molar-refractivity contribution in [2.75, 3.05) is 45.8 Å². The zero-order valence-electron chi connectivity index (χ0n) is 17.0. The number of likely N-dealkylation sites (N-methyl/N-ethyl adjacent to an activating group) is 1. The summed E-state index contributed by atoms with van der Waals surface area (Å²) in [6.07, 6.45) is 1.48. The van der Waals surface area contributed by atoms with Gasteiger partial charge in [-0.05, 0) is 42.3 Å². The number of hydrogen-bond donors (Lipinski definition) is 0. The van der Waals surface area contributed by atoms with Gasteiger partial charge in [0.15, 0.2) is 0 Å². The highest BCUT2D eigenvalue weighted by Gasteiger charge is 2.35. The minimum Gasteiger partial charge on any atom is -0.340 e. The van der Waals surface area contributed by atoms with Crippen LogP contribution in [0.4, 0.5) is 0 Å². The molecule has 1 amide bonds. The van der Waals surface area contributed by atoms with Crippen LogP contribution in [0.2, 0.25) is 0 Å². The van der Waals surface area contributed by atoms with E-state index in [4.69, 9.17) is 0 Å². The molecule has 1 atom stereocenters. The number of rotatable bonds is 4. The number of carbonyl (C=O) groups is 1. The molecule has 2 aromatic rings. The number of sulfonamides is 1. The van der Waals surface area contributed by atoms with E-state index in [0.29, 0.717) is 11.4 Å². The summed E-state index contributed by atoms with van der Waals surface area (Å²) < 4.78 is 28.0. The molecule has 6 nitrogen and oxygen atoms in total.